The Bertz CT molecular complexity index is 355. The average molecular weight is 232 g/mol. The minimum Gasteiger partial charge on any atom is -0.326 e. The van der Waals surface area contributed by atoms with Gasteiger partial charge in [0.05, 0.1) is 6.07 Å². The second kappa shape index (κ2) is 7.00. The Kier molecular flexibility index (Phi) is 5.61. The van der Waals surface area contributed by atoms with Crippen molar-refractivity contribution in [2.45, 2.75) is 32.4 Å². The lowest BCUT2D eigenvalue weighted by Crippen LogP contribution is -2.40. The Labute approximate surface area is 103 Å². The van der Waals surface area contributed by atoms with Gasteiger partial charge in [-0.05, 0) is 31.2 Å². The van der Waals surface area contributed by atoms with Crippen LogP contribution in [0, 0.1) is 11.3 Å². The van der Waals surface area contributed by atoms with Crippen molar-refractivity contribution >= 4 is 0 Å². The molecule has 0 spiro atoms. The molecule has 1 aromatic heterocycles. The molecular formula is C13H20N4. The molecule has 4 heteroatoms. The zero-order valence-corrected chi connectivity index (χ0v) is 10.5. The molecule has 0 amide bonds. The van der Waals surface area contributed by atoms with Crippen LogP contribution >= 0.6 is 0 Å². The first-order valence-electron chi connectivity index (χ1n) is 5.97. The summed E-state index contributed by atoms with van der Waals surface area (Å²) < 4.78 is 0. The van der Waals surface area contributed by atoms with Gasteiger partial charge in [-0.3, -0.25) is 9.88 Å². The molecule has 0 aliphatic carbocycles. The fourth-order valence-electron chi connectivity index (χ4n) is 2.10. The average Bonchev–Trinajstić information content (AvgIpc) is 2.35. The van der Waals surface area contributed by atoms with Gasteiger partial charge in [-0.15, -0.1) is 0 Å². The van der Waals surface area contributed by atoms with Crippen LogP contribution in [0.15, 0.2) is 24.5 Å². The van der Waals surface area contributed by atoms with E-state index in [2.05, 4.69) is 22.9 Å². The maximum Gasteiger partial charge on any atom is 0.0635 e. The van der Waals surface area contributed by atoms with E-state index in [-0.39, 0.29) is 12.1 Å². The van der Waals surface area contributed by atoms with E-state index in [1.165, 1.54) is 0 Å². The predicted octanol–water partition coefficient (Wildman–Crippen LogP) is 1.71. The monoisotopic (exact) mass is 232 g/mol. The highest BCUT2D eigenvalue weighted by Gasteiger charge is 2.22. The number of aromatic nitrogens is 1. The number of rotatable bonds is 6. The summed E-state index contributed by atoms with van der Waals surface area (Å²) in [5.41, 5.74) is 7.23. The van der Waals surface area contributed by atoms with Gasteiger partial charge in [-0.25, -0.2) is 0 Å². The molecule has 1 heterocycles. The van der Waals surface area contributed by atoms with Gasteiger partial charge in [-0.2, -0.15) is 5.26 Å². The zero-order valence-electron chi connectivity index (χ0n) is 10.5. The zero-order chi connectivity index (χ0) is 12.7. The number of likely N-dealkylation sites (N-methyl/N-ethyl adjacent to an activating group) is 1. The Morgan fingerprint density at radius 1 is 1.47 bits per heavy atom. The molecule has 0 aromatic carbocycles. The van der Waals surface area contributed by atoms with E-state index >= 15 is 0 Å². The van der Waals surface area contributed by atoms with Crippen LogP contribution in [0.5, 0.6) is 0 Å². The maximum absolute atomic E-state index is 8.68. The SMILES string of the molecule is CCN(CCC#N)C(c1ccncc1)C(C)N. The molecule has 0 radical (unpaired) electrons. The van der Waals surface area contributed by atoms with Crippen LogP contribution in [0.2, 0.25) is 0 Å². The fraction of sp³-hybridized carbons (Fsp3) is 0.538. The first kappa shape index (κ1) is 13.6. The van der Waals surface area contributed by atoms with Gasteiger partial charge in [0.2, 0.25) is 0 Å². The van der Waals surface area contributed by atoms with Crippen LogP contribution in [0.1, 0.15) is 31.9 Å². The molecule has 0 aliphatic heterocycles. The van der Waals surface area contributed by atoms with Gasteiger partial charge in [0.25, 0.3) is 0 Å². The van der Waals surface area contributed by atoms with Gasteiger partial charge in [0.1, 0.15) is 0 Å². The van der Waals surface area contributed by atoms with Gasteiger partial charge in [0, 0.05) is 37.4 Å². The molecule has 17 heavy (non-hydrogen) atoms. The lowest BCUT2D eigenvalue weighted by atomic mass is 10.00. The molecule has 0 saturated carbocycles. The Morgan fingerprint density at radius 2 is 2.12 bits per heavy atom. The van der Waals surface area contributed by atoms with Crippen LogP contribution in [0.25, 0.3) is 0 Å². The van der Waals surface area contributed by atoms with Gasteiger partial charge < -0.3 is 5.73 Å². The van der Waals surface area contributed by atoms with E-state index in [0.717, 1.165) is 18.7 Å². The van der Waals surface area contributed by atoms with Crippen molar-refractivity contribution in [2.75, 3.05) is 13.1 Å². The quantitative estimate of drug-likeness (QED) is 0.810. The smallest absolute Gasteiger partial charge is 0.0635 e. The third-order valence-corrected chi connectivity index (χ3v) is 2.86. The van der Waals surface area contributed by atoms with Crippen LogP contribution in [0.4, 0.5) is 0 Å². The lowest BCUT2D eigenvalue weighted by Gasteiger charge is -2.33. The maximum atomic E-state index is 8.68. The summed E-state index contributed by atoms with van der Waals surface area (Å²) in [7, 11) is 0. The summed E-state index contributed by atoms with van der Waals surface area (Å²) in [6, 6.07) is 6.33. The molecule has 1 rings (SSSR count). The van der Waals surface area contributed by atoms with Crippen molar-refractivity contribution in [1.29, 1.82) is 5.26 Å². The van der Waals surface area contributed by atoms with E-state index in [1.54, 1.807) is 12.4 Å². The minimum absolute atomic E-state index is 0.0241. The predicted molar refractivity (Wildman–Crippen MR) is 68.1 cm³/mol. The lowest BCUT2D eigenvalue weighted by molar-refractivity contribution is 0.189. The highest BCUT2D eigenvalue weighted by Crippen LogP contribution is 2.22. The van der Waals surface area contributed by atoms with Gasteiger partial charge >= 0.3 is 0 Å². The standard InChI is InChI=1S/C13H20N4/c1-3-17(10-4-7-14)13(11(2)15)12-5-8-16-9-6-12/h5-6,8-9,11,13H,3-4,10,15H2,1-2H3. The highest BCUT2D eigenvalue weighted by molar-refractivity contribution is 5.17. The topological polar surface area (TPSA) is 65.9 Å². The molecule has 0 fully saturated rings. The fourth-order valence-corrected chi connectivity index (χ4v) is 2.10. The van der Waals surface area contributed by atoms with Crippen LogP contribution in [-0.4, -0.2) is 29.0 Å². The van der Waals surface area contributed by atoms with E-state index < -0.39 is 0 Å². The van der Waals surface area contributed by atoms with E-state index in [9.17, 15) is 0 Å². The number of nitrogens with two attached hydrogens (primary N) is 1. The molecule has 0 saturated heterocycles. The number of hydrogen-bond donors (Lipinski definition) is 1. The van der Waals surface area contributed by atoms with Crippen LogP contribution in [-0.2, 0) is 0 Å². The summed E-state index contributed by atoms with van der Waals surface area (Å²) in [4.78, 5) is 6.26. The van der Waals surface area contributed by atoms with E-state index in [4.69, 9.17) is 11.0 Å². The Balaban J connectivity index is 2.88. The summed E-state index contributed by atoms with van der Waals surface area (Å²) in [5, 5.41) is 8.68. The van der Waals surface area contributed by atoms with E-state index in [1.807, 2.05) is 19.1 Å². The molecule has 2 atom stereocenters. The molecule has 2 unspecified atom stereocenters. The molecule has 2 N–H and O–H groups in total. The normalized spacial score (nSPS) is 14.3. The van der Waals surface area contributed by atoms with Crippen LogP contribution in [0.3, 0.4) is 0 Å². The van der Waals surface area contributed by atoms with Crippen LogP contribution < -0.4 is 5.73 Å². The second-order valence-electron chi connectivity index (χ2n) is 4.12. The van der Waals surface area contributed by atoms with Crippen molar-refractivity contribution in [1.82, 2.24) is 9.88 Å². The molecule has 1 aromatic rings. The second-order valence-corrected chi connectivity index (χ2v) is 4.12. The molecular weight excluding hydrogens is 212 g/mol. The Hall–Kier alpha value is -1.44. The Morgan fingerprint density at radius 3 is 2.59 bits per heavy atom. The minimum atomic E-state index is 0.0241. The van der Waals surface area contributed by atoms with Crippen molar-refractivity contribution in [3.63, 3.8) is 0 Å². The summed E-state index contributed by atoms with van der Waals surface area (Å²) >= 11 is 0. The molecule has 92 valence electrons. The first-order valence-corrected chi connectivity index (χ1v) is 5.97. The van der Waals surface area contributed by atoms with Crippen molar-refractivity contribution in [2.24, 2.45) is 5.73 Å². The third-order valence-electron chi connectivity index (χ3n) is 2.86. The van der Waals surface area contributed by atoms with Crippen molar-refractivity contribution in [3.05, 3.63) is 30.1 Å². The molecule has 4 nitrogen and oxygen atoms in total. The third kappa shape index (κ3) is 3.81. The van der Waals surface area contributed by atoms with Gasteiger partial charge in [-0.1, -0.05) is 6.92 Å². The number of pyridine rings is 1. The van der Waals surface area contributed by atoms with Crippen molar-refractivity contribution < 1.29 is 0 Å². The highest BCUT2D eigenvalue weighted by atomic mass is 15.2. The molecule has 0 aliphatic rings. The number of nitriles is 1. The summed E-state index contributed by atoms with van der Waals surface area (Å²) in [6.07, 6.45) is 4.09. The number of nitrogens with zero attached hydrogens (tertiary/aromatic N) is 3. The summed E-state index contributed by atoms with van der Waals surface area (Å²) in [5.74, 6) is 0. The van der Waals surface area contributed by atoms with E-state index in [0.29, 0.717) is 6.42 Å². The largest absolute Gasteiger partial charge is 0.326 e. The summed E-state index contributed by atoms with van der Waals surface area (Å²) in [6.45, 7) is 5.73. The number of hydrogen-bond acceptors (Lipinski definition) is 4. The van der Waals surface area contributed by atoms with Crippen molar-refractivity contribution in [3.8, 4) is 6.07 Å². The first-order chi connectivity index (χ1) is 8.20. The van der Waals surface area contributed by atoms with Gasteiger partial charge in [0.15, 0.2) is 0 Å². The molecule has 0 bridgehead atoms.